The van der Waals surface area contributed by atoms with Gasteiger partial charge in [0.05, 0.1) is 6.54 Å². The summed E-state index contributed by atoms with van der Waals surface area (Å²) in [6, 6.07) is 8.95. The van der Waals surface area contributed by atoms with E-state index in [1.165, 1.54) is 25.9 Å². The average molecular weight is 508 g/mol. The summed E-state index contributed by atoms with van der Waals surface area (Å²) in [5, 5.41) is 11.9. The van der Waals surface area contributed by atoms with E-state index in [9.17, 15) is 4.79 Å². The Hall–Kier alpha value is -2.68. The van der Waals surface area contributed by atoms with Crippen LogP contribution >= 0.6 is 11.6 Å². The highest BCUT2D eigenvalue weighted by atomic mass is 35.5. The Labute approximate surface area is 216 Å². The molecule has 9 heteroatoms. The van der Waals surface area contributed by atoms with E-state index in [-0.39, 0.29) is 11.9 Å². The summed E-state index contributed by atoms with van der Waals surface area (Å²) in [6.45, 7) is 3.95. The Bertz CT molecular complexity index is 1210. The van der Waals surface area contributed by atoms with Crippen molar-refractivity contribution in [2.45, 2.75) is 56.7 Å². The van der Waals surface area contributed by atoms with Crippen LogP contribution in [0.1, 0.15) is 38.5 Å². The van der Waals surface area contributed by atoms with Gasteiger partial charge in [-0.05, 0) is 87.4 Å². The zero-order chi connectivity index (χ0) is 24.5. The van der Waals surface area contributed by atoms with Gasteiger partial charge in [-0.1, -0.05) is 11.6 Å². The molecule has 3 saturated heterocycles. The van der Waals surface area contributed by atoms with Gasteiger partial charge in [0.2, 0.25) is 5.91 Å². The van der Waals surface area contributed by atoms with Gasteiger partial charge in [-0.3, -0.25) is 4.79 Å². The predicted octanol–water partition coefficient (Wildman–Crippen LogP) is 3.80. The van der Waals surface area contributed by atoms with Crippen LogP contribution in [-0.2, 0) is 4.79 Å². The molecule has 3 aromatic heterocycles. The molecule has 8 nitrogen and oxygen atoms in total. The number of fused-ring (bicyclic) bond motifs is 4. The largest absolute Gasteiger partial charge is 0.367 e. The van der Waals surface area contributed by atoms with Gasteiger partial charge in [0.1, 0.15) is 16.6 Å². The van der Waals surface area contributed by atoms with Crippen LogP contribution in [0.3, 0.4) is 0 Å². The van der Waals surface area contributed by atoms with Crippen molar-refractivity contribution in [3.05, 3.63) is 41.8 Å². The van der Waals surface area contributed by atoms with Gasteiger partial charge in [0, 0.05) is 48.0 Å². The molecule has 1 aliphatic carbocycles. The molecule has 36 heavy (non-hydrogen) atoms. The fourth-order valence-electron chi connectivity index (χ4n) is 6.21. The fraction of sp³-hybridized carbons (Fsp3) is 0.519. The normalized spacial score (nSPS) is 27.8. The van der Waals surface area contributed by atoms with Crippen LogP contribution in [0, 0.1) is 5.92 Å². The lowest BCUT2D eigenvalue weighted by atomic mass is 9.84. The monoisotopic (exact) mass is 507 g/mol. The molecule has 2 bridgehead atoms. The van der Waals surface area contributed by atoms with Gasteiger partial charge in [0.15, 0.2) is 0 Å². The molecule has 1 saturated carbocycles. The number of carbonyl (C=O) groups is 1. The molecule has 1 unspecified atom stereocenters. The third-order valence-electron chi connectivity index (χ3n) is 8.18. The van der Waals surface area contributed by atoms with Gasteiger partial charge in [-0.25, -0.2) is 9.97 Å². The molecule has 6 heterocycles. The van der Waals surface area contributed by atoms with Crippen molar-refractivity contribution in [2.24, 2.45) is 5.92 Å². The number of aromatic amines is 1. The maximum absolute atomic E-state index is 12.6. The SMILES string of the molecule is O=C(CNC1CN2CCC1CC2)N[C@H]1CC[C@H](Nc2cc(-c3c[nH]c4ncccc34)cc(Cl)n2)CC1. The molecule has 4 fully saturated rings. The summed E-state index contributed by atoms with van der Waals surface area (Å²) >= 11 is 6.39. The quantitative estimate of drug-likeness (QED) is 0.363. The molecule has 0 radical (unpaired) electrons. The second-order valence-electron chi connectivity index (χ2n) is 10.6. The Morgan fingerprint density at radius 2 is 1.92 bits per heavy atom. The lowest BCUT2D eigenvalue weighted by molar-refractivity contribution is -0.121. The standard InChI is InChI=1S/C27H34ClN7O/c28-24-12-18(22-14-31-27-21(22)2-1-9-29-27)13-25(34-24)32-19-3-5-20(6-4-19)33-26(36)15-30-23-16-35-10-7-17(23)8-11-35/h1-2,9,12-14,17,19-20,23,30H,3-8,10-11,15-16H2,(H,29,31)(H,32,34)(H,33,36)/t19-,20-,23?. The summed E-state index contributed by atoms with van der Waals surface area (Å²) in [7, 11) is 0. The number of H-pyrrole nitrogens is 1. The van der Waals surface area contributed by atoms with Crippen LogP contribution in [0.2, 0.25) is 5.15 Å². The number of carbonyl (C=O) groups excluding carboxylic acids is 1. The van der Waals surface area contributed by atoms with E-state index in [2.05, 4.69) is 47.9 Å². The number of anilines is 1. The first-order chi connectivity index (χ1) is 17.6. The van der Waals surface area contributed by atoms with Crippen LogP contribution in [0.5, 0.6) is 0 Å². The Morgan fingerprint density at radius 1 is 1.11 bits per heavy atom. The van der Waals surface area contributed by atoms with Gasteiger partial charge in [-0.2, -0.15) is 0 Å². The number of pyridine rings is 2. The van der Waals surface area contributed by atoms with Crippen molar-refractivity contribution in [2.75, 3.05) is 31.5 Å². The Balaban J connectivity index is 1.000. The topological polar surface area (TPSA) is 98.0 Å². The summed E-state index contributed by atoms with van der Waals surface area (Å²) in [6.07, 6.45) is 10.2. The molecule has 1 atom stereocenters. The third kappa shape index (κ3) is 5.21. The second-order valence-corrected chi connectivity index (χ2v) is 10.9. The van der Waals surface area contributed by atoms with Crippen LogP contribution in [0.15, 0.2) is 36.7 Å². The number of amides is 1. The van der Waals surface area contributed by atoms with Crippen molar-refractivity contribution in [1.29, 1.82) is 0 Å². The second kappa shape index (κ2) is 10.4. The highest BCUT2D eigenvalue weighted by Gasteiger charge is 2.34. The smallest absolute Gasteiger partial charge is 0.234 e. The van der Waals surface area contributed by atoms with Crippen LogP contribution < -0.4 is 16.0 Å². The first-order valence-electron chi connectivity index (χ1n) is 13.2. The van der Waals surface area contributed by atoms with Gasteiger partial charge in [-0.15, -0.1) is 0 Å². The fourth-order valence-corrected chi connectivity index (χ4v) is 6.42. The van der Waals surface area contributed by atoms with E-state index in [4.69, 9.17) is 11.6 Å². The summed E-state index contributed by atoms with van der Waals surface area (Å²) < 4.78 is 0. The molecule has 0 spiro atoms. The number of hydrogen-bond donors (Lipinski definition) is 4. The van der Waals surface area contributed by atoms with Crippen LogP contribution in [-0.4, -0.2) is 70.1 Å². The number of halogens is 1. The van der Waals surface area contributed by atoms with Crippen molar-refractivity contribution in [3.63, 3.8) is 0 Å². The number of aromatic nitrogens is 3. The number of nitrogens with zero attached hydrogens (tertiary/aromatic N) is 3. The molecule has 190 valence electrons. The molecule has 3 aliphatic heterocycles. The van der Waals surface area contributed by atoms with Gasteiger partial charge in [0.25, 0.3) is 0 Å². The van der Waals surface area contributed by atoms with Crippen molar-refractivity contribution in [3.8, 4) is 11.1 Å². The Morgan fingerprint density at radius 3 is 2.69 bits per heavy atom. The van der Waals surface area contributed by atoms with E-state index in [0.717, 1.165) is 66.1 Å². The molecular weight excluding hydrogens is 474 g/mol. The van der Waals surface area contributed by atoms with Gasteiger partial charge < -0.3 is 25.8 Å². The summed E-state index contributed by atoms with van der Waals surface area (Å²) in [4.78, 5) is 27.2. The first-order valence-corrected chi connectivity index (χ1v) is 13.6. The lowest BCUT2D eigenvalue weighted by Crippen LogP contribution is -2.57. The maximum Gasteiger partial charge on any atom is 0.234 e. The Kier molecular flexibility index (Phi) is 6.82. The van der Waals surface area contributed by atoms with E-state index in [1.54, 1.807) is 6.20 Å². The third-order valence-corrected chi connectivity index (χ3v) is 8.38. The predicted molar refractivity (Wildman–Crippen MR) is 143 cm³/mol. The van der Waals surface area contributed by atoms with E-state index in [1.807, 2.05) is 18.3 Å². The summed E-state index contributed by atoms with van der Waals surface area (Å²) in [5.74, 6) is 1.64. The molecule has 3 aromatic rings. The first kappa shape index (κ1) is 23.7. The van der Waals surface area contributed by atoms with Crippen LogP contribution in [0.25, 0.3) is 22.2 Å². The number of nitrogens with one attached hydrogen (secondary N) is 4. The minimum absolute atomic E-state index is 0.122. The molecule has 0 aromatic carbocycles. The van der Waals surface area contributed by atoms with Crippen LogP contribution in [0.4, 0.5) is 5.82 Å². The van der Waals surface area contributed by atoms with Gasteiger partial charge >= 0.3 is 0 Å². The zero-order valence-electron chi connectivity index (χ0n) is 20.5. The highest BCUT2D eigenvalue weighted by molar-refractivity contribution is 6.29. The van der Waals surface area contributed by atoms with Crippen molar-refractivity contribution >= 4 is 34.4 Å². The van der Waals surface area contributed by atoms with E-state index < -0.39 is 0 Å². The molecule has 4 N–H and O–H groups in total. The number of piperidine rings is 3. The average Bonchev–Trinajstić information content (AvgIpc) is 3.33. The van der Waals surface area contributed by atoms with Crippen molar-refractivity contribution in [1.82, 2.24) is 30.5 Å². The molecule has 4 aliphatic rings. The molecule has 7 rings (SSSR count). The lowest BCUT2D eigenvalue weighted by Gasteiger charge is -2.45. The van der Waals surface area contributed by atoms with E-state index >= 15 is 0 Å². The maximum atomic E-state index is 12.6. The highest BCUT2D eigenvalue weighted by Crippen LogP contribution is 2.32. The number of hydrogen-bond acceptors (Lipinski definition) is 6. The van der Waals surface area contributed by atoms with E-state index in [0.29, 0.717) is 23.8 Å². The molecular formula is C27H34ClN7O. The number of rotatable bonds is 7. The minimum atomic E-state index is 0.122. The molecule has 1 amide bonds. The summed E-state index contributed by atoms with van der Waals surface area (Å²) in [5.41, 5.74) is 2.92. The minimum Gasteiger partial charge on any atom is -0.367 e. The zero-order valence-corrected chi connectivity index (χ0v) is 21.2. The van der Waals surface area contributed by atoms with Crippen molar-refractivity contribution < 1.29 is 4.79 Å².